The van der Waals surface area contributed by atoms with Crippen molar-refractivity contribution in [2.24, 2.45) is 0 Å². The summed E-state index contributed by atoms with van der Waals surface area (Å²) in [6, 6.07) is 4.05. The Hall–Kier alpha value is -2.93. The molecule has 5 heterocycles. The standard InChI is InChI=1S/C20H21N5O2/c1-12-15-5-6-21-18(15)23-10-16(12)13-8-17-19(22-9-13)24-20(26)25(17)11-14-4-2-3-7-27-14/h5-6,8-10,14H,2-4,7,11H2,1H3,(H,21,23)(H,22,24,26). The maximum atomic E-state index is 12.5. The summed E-state index contributed by atoms with van der Waals surface area (Å²) in [6.45, 7) is 3.41. The molecule has 27 heavy (non-hydrogen) atoms. The summed E-state index contributed by atoms with van der Waals surface area (Å²) in [4.78, 5) is 27.4. The SMILES string of the molecule is Cc1c(-c2cnc3[nH]c(=O)n(CC4CCCCO4)c3c2)cnc2[nH]ccc12. The minimum Gasteiger partial charge on any atom is -0.376 e. The van der Waals surface area contributed by atoms with E-state index in [1.165, 1.54) is 0 Å². The molecule has 1 aliphatic heterocycles. The van der Waals surface area contributed by atoms with Crippen molar-refractivity contribution < 1.29 is 4.74 Å². The molecule has 4 aromatic heterocycles. The average Bonchev–Trinajstić information content (AvgIpc) is 3.28. The number of imidazole rings is 1. The molecule has 1 unspecified atom stereocenters. The van der Waals surface area contributed by atoms with E-state index in [1.807, 2.05) is 24.5 Å². The normalized spacial score (nSPS) is 17.7. The first-order chi connectivity index (χ1) is 13.2. The van der Waals surface area contributed by atoms with Crippen LogP contribution in [0.3, 0.4) is 0 Å². The summed E-state index contributed by atoms with van der Waals surface area (Å²) in [5, 5.41) is 1.09. The van der Waals surface area contributed by atoms with Crippen LogP contribution in [-0.2, 0) is 11.3 Å². The molecule has 7 nitrogen and oxygen atoms in total. The Bertz CT molecular complexity index is 1180. The zero-order valence-corrected chi connectivity index (χ0v) is 15.2. The van der Waals surface area contributed by atoms with E-state index in [9.17, 15) is 4.79 Å². The molecule has 0 saturated carbocycles. The number of nitrogens with zero attached hydrogens (tertiary/aromatic N) is 3. The summed E-state index contributed by atoms with van der Waals surface area (Å²) in [6.07, 6.45) is 8.85. The van der Waals surface area contributed by atoms with Crippen LogP contribution in [0.15, 0.2) is 35.5 Å². The van der Waals surface area contributed by atoms with Gasteiger partial charge in [-0.1, -0.05) is 0 Å². The molecule has 1 saturated heterocycles. The molecular weight excluding hydrogens is 342 g/mol. The van der Waals surface area contributed by atoms with Crippen LogP contribution >= 0.6 is 0 Å². The lowest BCUT2D eigenvalue weighted by molar-refractivity contribution is 0.00613. The van der Waals surface area contributed by atoms with Crippen molar-refractivity contribution in [1.29, 1.82) is 0 Å². The van der Waals surface area contributed by atoms with E-state index >= 15 is 0 Å². The van der Waals surface area contributed by atoms with E-state index in [0.717, 1.165) is 59.1 Å². The van der Waals surface area contributed by atoms with Gasteiger partial charge >= 0.3 is 5.69 Å². The Balaban J connectivity index is 1.60. The zero-order valence-electron chi connectivity index (χ0n) is 15.2. The largest absolute Gasteiger partial charge is 0.376 e. The molecule has 0 bridgehead atoms. The summed E-state index contributed by atoms with van der Waals surface area (Å²) in [5.41, 5.74) is 5.26. The van der Waals surface area contributed by atoms with Crippen LogP contribution < -0.4 is 5.69 Å². The van der Waals surface area contributed by atoms with Crippen LogP contribution in [0.1, 0.15) is 24.8 Å². The maximum Gasteiger partial charge on any atom is 0.327 e. The smallest absolute Gasteiger partial charge is 0.327 e. The number of aromatic nitrogens is 5. The van der Waals surface area contributed by atoms with Gasteiger partial charge < -0.3 is 9.72 Å². The van der Waals surface area contributed by atoms with E-state index < -0.39 is 0 Å². The van der Waals surface area contributed by atoms with E-state index in [2.05, 4.69) is 26.9 Å². The van der Waals surface area contributed by atoms with Gasteiger partial charge in [-0.15, -0.1) is 0 Å². The molecule has 0 aliphatic carbocycles. The second kappa shape index (κ2) is 6.35. The molecule has 0 aromatic carbocycles. The Morgan fingerprint density at radius 1 is 1.26 bits per heavy atom. The zero-order chi connectivity index (χ0) is 18.4. The molecule has 1 fully saturated rings. The van der Waals surface area contributed by atoms with Gasteiger partial charge in [0.2, 0.25) is 0 Å². The Labute approximate surface area is 155 Å². The number of aryl methyl sites for hydroxylation is 1. The number of ether oxygens (including phenoxy) is 1. The number of hydrogen-bond acceptors (Lipinski definition) is 4. The number of hydrogen-bond donors (Lipinski definition) is 2. The number of aromatic amines is 2. The van der Waals surface area contributed by atoms with Crippen molar-refractivity contribution in [2.75, 3.05) is 6.61 Å². The van der Waals surface area contributed by atoms with Crippen molar-refractivity contribution >= 4 is 22.2 Å². The van der Waals surface area contributed by atoms with Gasteiger partial charge in [-0.05, 0) is 43.9 Å². The highest BCUT2D eigenvalue weighted by Crippen LogP contribution is 2.29. The van der Waals surface area contributed by atoms with Crippen LogP contribution in [0, 0.1) is 6.92 Å². The van der Waals surface area contributed by atoms with Gasteiger partial charge in [0, 0.05) is 41.7 Å². The molecule has 0 amide bonds. The molecule has 1 aliphatic rings. The Morgan fingerprint density at radius 3 is 3.00 bits per heavy atom. The van der Waals surface area contributed by atoms with Crippen LogP contribution in [0.4, 0.5) is 0 Å². The van der Waals surface area contributed by atoms with Gasteiger partial charge in [0.05, 0.1) is 18.2 Å². The summed E-state index contributed by atoms with van der Waals surface area (Å²) in [5.74, 6) is 0. The Kier molecular flexibility index (Phi) is 3.82. The third kappa shape index (κ3) is 2.75. The quantitative estimate of drug-likeness (QED) is 0.585. The fraction of sp³-hybridized carbons (Fsp3) is 0.350. The highest BCUT2D eigenvalue weighted by molar-refractivity contribution is 5.88. The monoisotopic (exact) mass is 363 g/mol. The molecule has 1 atom stereocenters. The molecule has 2 N–H and O–H groups in total. The van der Waals surface area contributed by atoms with Gasteiger partial charge in [0.25, 0.3) is 0 Å². The highest BCUT2D eigenvalue weighted by atomic mass is 16.5. The fourth-order valence-corrected chi connectivity index (χ4v) is 3.95. The molecule has 7 heteroatoms. The highest BCUT2D eigenvalue weighted by Gasteiger charge is 2.18. The third-order valence-electron chi connectivity index (χ3n) is 5.46. The maximum absolute atomic E-state index is 12.5. The van der Waals surface area contributed by atoms with E-state index in [1.54, 1.807) is 10.8 Å². The van der Waals surface area contributed by atoms with Gasteiger partial charge in [-0.3, -0.25) is 9.55 Å². The number of pyridine rings is 2. The van der Waals surface area contributed by atoms with Crippen LogP contribution in [0.5, 0.6) is 0 Å². The van der Waals surface area contributed by atoms with Crippen LogP contribution in [-0.4, -0.2) is 37.2 Å². The van der Waals surface area contributed by atoms with Crippen LogP contribution in [0.25, 0.3) is 33.3 Å². The number of rotatable bonds is 3. The molecule has 4 aromatic rings. The molecular formula is C20H21N5O2. The van der Waals surface area contributed by atoms with Gasteiger partial charge in [-0.2, -0.15) is 0 Å². The predicted octanol–water partition coefficient (Wildman–Crippen LogP) is 3.15. The van der Waals surface area contributed by atoms with Crippen molar-refractivity contribution in [3.05, 3.63) is 46.8 Å². The second-order valence-electron chi connectivity index (χ2n) is 7.16. The lowest BCUT2D eigenvalue weighted by Crippen LogP contribution is -2.29. The molecule has 0 spiro atoms. The van der Waals surface area contributed by atoms with Gasteiger partial charge in [0.15, 0.2) is 5.65 Å². The lowest BCUT2D eigenvalue weighted by atomic mass is 10.0. The first-order valence-electron chi connectivity index (χ1n) is 9.34. The fourth-order valence-electron chi connectivity index (χ4n) is 3.95. The molecule has 0 radical (unpaired) electrons. The van der Waals surface area contributed by atoms with Crippen molar-refractivity contribution in [1.82, 2.24) is 24.5 Å². The lowest BCUT2D eigenvalue weighted by Gasteiger charge is -2.22. The van der Waals surface area contributed by atoms with Crippen molar-refractivity contribution in [2.45, 2.75) is 38.8 Å². The summed E-state index contributed by atoms with van der Waals surface area (Å²) in [7, 11) is 0. The second-order valence-corrected chi connectivity index (χ2v) is 7.16. The Morgan fingerprint density at radius 2 is 2.15 bits per heavy atom. The minimum atomic E-state index is -0.139. The van der Waals surface area contributed by atoms with Crippen molar-refractivity contribution in [3.8, 4) is 11.1 Å². The predicted molar refractivity (Wildman–Crippen MR) is 104 cm³/mol. The summed E-state index contributed by atoms with van der Waals surface area (Å²) >= 11 is 0. The van der Waals surface area contributed by atoms with E-state index in [-0.39, 0.29) is 11.8 Å². The van der Waals surface area contributed by atoms with Gasteiger partial charge in [-0.25, -0.2) is 14.8 Å². The van der Waals surface area contributed by atoms with Gasteiger partial charge in [0.1, 0.15) is 5.65 Å². The van der Waals surface area contributed by atoms with E-state index in [0.29, 0.717) is 12.2 Å². The van der Waals surface area contributed by atoms with E-state index in [4.69, 9.17) is 4.74 Å². The molecule has 138 valence electrons. The molecule has 5 rings (SSSR count). The number of fused-ring (bicyclic) bond motifs is 2. The summed E-state index contributed by atoms with van der Waals surface area (Å²) < 4.78 is 7.57. The average molecular weight is 363 g/mol. The number of H-pyrrole nitrogens is 2. The minimum absolute atomic E-state index is 0.0821. The van der Waals surface area contributed by atoms with Crippen LogP contribution in [0.2, 0.25) is 0 Å². The first kappa shape index (κ1) is 16.3. The van der Waals surface area contributed by atoms with Crippen molar-refractivity contribution in [3.63, 3.8) is 0 Å². The third-order valence-corrected chi connectivity index (χ3v) is 5.46. The first-order valence-corrected chi connectivity index (χ1v) is 9.34. The topological polar surface area (TPSA) is 88.6 Å². The number of nitrogens with one attached hydrogen (secondary N) is 2.